The van der Waals surface area contributed by atoms with E-state index in [1.807, 2.05) is 0 Å². The first kappa shape index (κ1) is 20.5. The molecular weight excluding hydrogens is 370 g/mol. The monoisotopic (exact) mass is 403 g/mol. The van der Waals surface area contributed by atoms with Crippen LogP contribution in [-0.4, -0.2) is 34.1 Å². The summed E-state index contributed by atoms with van der Waals surface area (Å²) in [6, 6.07) is 13.4. The lowest BCUT2D eigenvalue weighted by atomic mass is 9.83. The number of anilines is 1. The van der Waals surface area contributed by atoms with Crippen molar-refractivity contribution in [2.24, 2.45) is 0 Å². The predicted octanol–water partition coefficient (Wildman–Crippen LogP) is 5.56. The average molecular weight is 404 g/mol. The summed E-state index contributed by atoms with van der Waals surface area (Å²) in [6.45, 7) is 14.2. The number of aromatic amines is 1. The number of nitrogens with one attached hydrogen (secondary N) is 1. The van der Waals surface area contributed by atoms with Crippen LogP contribution in [0.1, 0.15) is 51.4 Å². The Morgan fingerprint density at radius 1 is 0.933 bits per heavy atom. The zero-order valence-corrected chi connectivity index (χ0v) is 19.5. The molecule has 0 spiro atoms. The van der Waals surface area contributed by atoms with Gasteiger partial charge in [0.05, 0.1) is 17.6 Å². The Hall–Kier alpha value is -2.82. The largest absolute Gasteiger partial charge is 0.361 e. The SMILES string of the molecule is Cc1[nH]nc2ccc(C(C)(C)Cn3nc(N(C)C)c4cc(C(C)(C)C)ccc43)cc12. The molecule has 5 nitrogen and oxygen atoms in total. The minimum absolute atomic E-state index is 0.0802. The van der Waals surface area contributed by atoms with Crippen LogP contribution < -0.4 is 4.90 Å². The summed E-state index contributed by atoms with van der Waals surface area (Å²) in [5.74, 6) is 1.02. The molecule has 1 N–H and O–H groups in total. The van der Waals surface area contributed by atoms with Gasteiger partial charge in [-0.25, -0.2) is 0 Å². The lowest BCUT2D eigenvalue weighted by Gasteiger charge is -2.26. The van der Waals surface area contributed by atoms with Crippen molar-refractivity contribution in [2.45, 2.75) is 58.9 Å². The maximum absolute atomic E-state index is 5.02. The number of nitrogens with zero attached hydrogens (tertiary/aromatic N) is 4. The third-order valence-electron chi connectivity index (χ3n) is 6.09. The Kier molecular flexibility index (Phi) is 4.68. The predicted molar refractivity (Wildman–Crippen MR) is 127 cm³/mol. The fraction of sp³-hybridized carbons (Fsp3) is 0.440. The second-order valence-electron chi connectivity index (χ2n) is 10.3. The minimum atomic E-state index is -0.0802. The molecule has 0 atom stereocenters. The van der Waals surface area contributed by atoms with Crippen molar-refractivity contribution in [1.29, 1.82) is 0 Å². The normalized spacial score (nSPS) is 12.8. The molecule has 158 valence electrons. The second-order valence-corrected chi connectivity index (χ2v) is 10.3. The van der Waals surface area contributed by atoms with E-state index in [9.17, 15) is 0 Å². The number of aryl methyl sites for hydroxylation is 1. The molecule has 0 fully saturated rings. The van der Waals surface area contributed by atoms with Crippen molar-refractivity contribution in [1.82, 2.24) is 20.0 Å². The van der Waals surface area contributed by atoms with E-state index in [0.717, 1.165) is 23.6 Å². The fourth-order valence-electron chi connectivity index (χ4n) is 4.10. The van der Waals surface area contributed by atoms with E-state index < -0.39 is 0 Å². The van der Waals surface area contributed by atoms with Crippen LogP contribution in [0.15, 0.2) is 36.4 Å². The van der Waals surface area contributed by atoms with Gasteiger partial charge in [0, 0.05) is 36.0 Å². The maximum Gasteiger partial charge on any atom is 0.158 e. The zero-order valence-electron chi connectivity index (χ0n) is 19.5. The molecule has 4 aromatic rings. The second kappa shape index (κ2) is 6.86. The van der Waals surface area contributed by atoms with E-state index in [0.29, 0.717) is 0 Å². The summed E-state index contributed by atoms with van der Waals surface area (Å²) < 4.78 is 2.17. The highest BCUT2D eigenvalue weighted by atomic mass is 15.3. The Balaban J connectivity index is 1.79. The van der Waals surface area contributed by atoms with Crippen LogP contribution in [0.25, 0.3) is 21.8 Å². The highest BCUT2D eigenvalue weighted by Crippen LogP contribution is 2.34. The third-order valence-corrected chi connectivity index (χ3v) is 6.09. The molecule has 2 aromatic carbocycles. The van der Waals surface area contributed by atoms with E-state index >= 15 is 0 Å². The molecule has 4 rings (SSSR count). The highest BCUT2D eigenvalue weighted by molar-refractivity contribution is 5.91. The summed E-state index contributed by atoms with van der Waals surface area (Å²) in [7, 11) is 4.13. The van der Waals surface area contributed by atoms with Crippen LogP contribution in [0.4, 0.5) is 5.82 Å². The van der Waals surface area contributed by atoms with Crippen molar-refractivity contribution in [3.8, 4) is 0 Å². The molecule has 0 unspecified atom stereocenters. The lowest BCUT2D eigenvalue weighted by Crippen LogP contribution is -2.25. The van der Waals surface area contributed by atoms with Gasteiger partial charge in [-0.1, -0.05) is 46.8 Å². The van der Waals surface area contributed by atoms with Crippen LogP contribution in [0, 0.1) is 6.92 Å². The van der Waals surface area contributed by atoms with Gasteiger partial charge in [0.1, 0.15) is 0 Å². The van der Waals surface area contributed by atoms with Gasteiger partial charge in [0.15, 0.2) is 5.82 Å². The lowest BCUT2D eigenvalue weighted by molar-refractivity contribution is 0.417. The quantitative estimate of drug-likeness (QED) is 0.485. The fourth-order valence-corrected chi connectivity index (χ4v) is 4.10. The molecule has 0 saturated carbocycles. The molecule has 30 heavy (non-hydrogen) atoms. The molecule has 0 radical (unpaired) electrons. The van der Waals surface area contributed by atoms with Gasteiger partial charge in [0.2, 0.25) is 0 Å². The Labute approximate surface area is 179 Å². The van der Waals surface area contributed by atoms with E-state index in [2.05, 4.69) is 112 Å². The molecule has 0 amide bonds. The van der Waals surface area contributed by atoms with Gasteiger partial charge in [-0.2, -0.15) is 10.2 Å². The number of H-pyrrole nitrogens is 1. The minimum Gasteiger partial charge on any atom is -0.361 e. The van der Waals surface area contributed by atoms with Gasteiger partial charge in [-0.15, -0.1) is 0 Å². The first-order chi connectivity index (χ1) is 14.0. The molecular formula is C25H33N5. The third kappa shape index (κ3) is 3.47. The summed E-state index contributed by atoms with van der Waals surface area (Å²) in [5.41, 5.74) is 5.96. The van der Waals surface area contributed by atoms with Crippen LogP contribution in [0.3, 0.4) is 0 Å². The van der Waals surface area contributed by atoms with Crippen LogP contribution >= 0.6 is 0 Å². The number of hydrogen-bond acceptors (Lipinski definition) is 3. The molecule has 2 aromatic heterocycles. The summed E-state index contributed by atoms with van der Waals surface area (Å²) in [6.07, 6.45) is 0. The van der Waals surface area contributed by atoms with Crippen LogP contribution in [0.2, 0.25) is 0 Å². The van der Waals surface area contributed by atoms with Gasteiger partial charge in [0.25, 0.3) is 0 Å². The molecule has 5 heteroatoms. The van der Waals surface area contributed by atoms with E-state index in [1.54, 1.807) is 0 Å². The molecule has 0 aliphatic rings. The number of rotatable bonds is 4. The Morgan fingerprint density at radius 3 is 2.27 bits per heavy atom. The summed E-state index contributed by atoms with van der Waals surface area (Å²) in [4.78, 5) is 2.11. The number of fused-ring (bicyclic) bond motifs is 2. The number of benzene rings is 2. The zero-order chi connectivity index (χ0) is 21.8. The van der Waals surface area contributed by atoms with Gasteiger partial charge in [-0.05, 0) is 47.7 Å². The highest BCUT2D eigenvalue weighted by Gasteiger charge is 2.25. The van der Waals surface area contributed by atoms with Crippen molar-refractivity contribution >= 4 is 27.6 Å². The van der Waals surface area contributed by atoms with E-state index in [4.69, 9.17) is 5.10 Å². The Morgan fingerprint density at radius 2 is 1.60 bits per heavy atom. The van der Waals surface area contributed by atoms with E-state index in [1.165, 1.54) is 27.4 Å². The molecule has 0 bridgehead atoms. The standard InChI is InChI=1S/C25H33N5/c1-16-19-14-18(9-11-21(19)27-26-16)25(5,6)15-30-22-12-10-17(24(2,3)4)13-20(22)23(28-30)29(7)8/h9-14H,15H2,1-8H3,(H,26,27). The first-order valence-electron chi connectivity index (χ1n) is 10.6. The van der Waals surface area contributed by atoms with Crippen LogP contribution in [0.5, 0.6) is 0 Å². The molecule has 0 saturated heterocycles. The topological polar surface area (TPSA) is 49.7 Å². The first-order valence-corrected chi connectivity index (χ1v) is 10.6. The summed E-state index contributed by atoms with van der Waals surface area (Å²) >= 11 is 0. The van der Waals surface area contributed by atoms with E-state index in [-0.39, 0.29) is 10.8 Å². The van der Waals surface area contributed by atoms with Crippen molar-refractivity contribution < 1.29 is 0 Å². The van der Waals surface area contributed by atoms with Crippen LogP contribution in [-0.2, 0) is 17.4 Å². The van der Waals surface area contributed by atoms with Gasteiger partial charge in [-0.3, -0.25) is 9.78 Å². The van der Waals surface area contributed by atoms with Gasteiger partial charge < -0.3 is 4.90 Å². The average Bonchev–Trinajstić information content (AvgIpc) is 3.21. The summed E-state index contributed by atoms with van der Waals surface area (Å²) in [5, 5.41) is 14.9. The molecule has 0 aliphatic carbocycles. The smallest absolute Gasteiger partial charge is 0.158 e. The van der Waals surface area contributed by atoms with Crippen molar-refractivity contribution in [3.63, 3.8) is 0 Å². The number of hydrogen-bond donors (Lipinski definition) is 1. The van der Waals surface area contributed by atoms with Crippen molar-refractivity contribution in [3.05, 3.63) is 53.2 Å². The van der Waals surface area contributed by atoms with Gasteiger partial charge >= 0.3 is 0 Å². The number of aromatic nitrogens is 4. The molecule has 0 aliphatic heterocycles. The molecule has 2 heterocycles. The van der Waals surface area contributed by atoms with Crippen molar-refractivity contribution in [2.75, 3.05) is 19.0 Å². The Bertz CT molecular complexity index is 1220. The maximum atomic E-state index is 5.02.